The second-order valence-electron chi connectivity index (χ2n) is 19.5. The molecule has 8 amide bonds. The zero-order valence-corrected chi connectivity index (χ0v) is 43.6. The average Bonchev–Trinajstić information content (AvgIpc) is 3.89. The number of amides is 8. The SMILES string of the molecule is CC[C@H](C)[C@H](NC(=O)[C@H](Cc1ccccc1)NC(=O)[C@@H](N)CCC(=O)O)C(=O)N[C@@H](CO)C(=O)N[C@@H](Cc1ccccc1)C(=O)N1CCC[C@H]1C(=O)N[C@H](C(=O)N[C@@H](CO)C(=O)N[C@@H](CC(C)C)C(=O)O)[C@@H](C)CC. The highest BCUT2D eigenvalue weighted by Gasteiger charge is 2.41. The van der Waals surface area contributed by atoms with Crippen LogP contribution in [-0.4, -0.2) is 159 Å². The number of carbonyl (C=O) groups excluding carboxylic acids is 8. The van der Waals surface area contributed by atoms with Gasteiger partial charge in [0.1, 0.15) is 48.3 Å². The maximum absolute atomic E-state index is 14.6. The van der Waals surface area contributed by atoms with Crippen molar-refractivity contribution in [2.24, 2.45) is 23.5 Å². The molecule has 1 heterocycles. The lowest BCUT2D eigenvalue weighted by atomic mass is 9.96. The molecule has 0 radical (unpaired) electrons. The molecule has 414 valence electrons. The second kappa shape index (κ2) is 31.0. The first-order valence-electron chi connectivity index (χ1n) is 25.5. The number of aliphatic hydroxyl groups is 2. The number of benzene rings is 2. The number of aliphatic hydroxyl groups excluding tert-OH is 2. The summed E-state index contributed by atoms with van der Waals surface area (Å²) >= 11 is 0. The van der Waals surface area contributed by atoms with E-state index in [9.17, 15) is 63.3 Å². The Bertz CT molecular complexity index is 2250. The molecule has 0 spiro atoms. The number of nitrogens with zero attached hydrogens (tertiary/aromatic N) is 1. The van der Waals surface area contributed by atoms with E-state index in [-0.39, 0.29) is 44.6 Å². The Labute approximate surface area is 437 Å². The third-order valence-corrected chi connectivity index (χ3v) is 13.2. The fourth-order valence-corrected chi connectivity index (χ4v) is 8.36. The van der Waals surface area contributed by atoms with E-state index >= 15 is 0 Å². The molecule has 0 bridgehead atoms. The van der Waals surface area contributed by atoms with E-state index in [2.05, 4.69) is 37.2 Å². The predicted octanol–water partition coefficient (Wildman–Crippen LogP) is -0.744. The molecule has 23 nitrogen and oxygen atoms in total. The number of nitrogens with one attached hydrogen (secondary N) is 7. The van der Waals surface area contributed by atoms with Crippen molar-refractivity contribution in [2.45, 2.75) is 154 Å². The topological polar surface area (TPSA) is 365 Å². The van der Waals surface area contributed by atoms with E-state index in [0.29, 0.717) is 30.4 Å². The van der Waals surface area contributed by atoms with Crippen LogP contribution in [0.1, 0.15) is 97.6 Å². The van der Waals surface area contributed by atoms with Crippen LogP contribution < -0.4 is 43.0 Å². The summed E-state index contributed by atoms with van der Waals surface area (Å²) in [5.41, 5.74) is 7.20. The maximum atomic E-state index is 14.6. The van der Waals surface area contributed by atoms with Gasteiger partial charge in [-0.15, -0.1) is 0 Å². The first kappa shape index (κ1) is 62.3. The lowest BCUT2D eigenvalue weighted by Gasteiger charge is -2.32. The highest BCUT2D eigenvalue weighted by Crippen LogP contribution is 2.22. The molecular weight excluding hydrogens is 975 g/mol. The Morgan fingerprint density at radius 1 is 0.587 bits per heavy atom. The van der Waals surface area contributed by atoms with E-state index < -0.39 is 145 Å². The van der Waals surface area contributed by atoms with Crippen LogP contribution in [0.25, 0.3) is 0 Å². The van der Waals surface area contributed by atoms with Crippen LogP contribution in [0.5, 0.6) is 0 Å². The molecule has 0 aromatic heterocycles. The molecule has 23 heteroatoms. The highest BCUT2D eigenvalue weighted by atomic mass is 16.4. The van der Waals surface area contributed by atoms with Gasteiger partial charge in [0.2, 0.25) is 47.3 Å². The van der Waals surface area contributed by atoms with Crippen molar-refractivity contribution in [3.8, 4) is 0 Å². The number of carboxylic acid groups (broad SMARTS) is 2. The third-order valence-electron chi connectivity index (χ3n) is 13.2. The van der Waals surface area contributed by atoms with Crippen LogP contribution in [0.2, 0.25) is 0 Å². The fourth-order valence-electron chi connectivity index (χ4n) is 8.36. The molecule has 2 aromatic carbocycles. The van der Waals surface area contributed by atoms with Gasteiger partial charge < -0.3 is 68.3 Å². The van der Waals surface area contributed by atoms with E-state index in [1.54, 1.807) is 102 Å². The minimum Gasteiger partial charge on any atom is -0.481 e. The molecule has 11 atom stereocenters. The van der Waals surface area contributed by atoms with E-state index in [1.807, 2.05) is 0 Å². The van der Waals surface area contributed by atoms with Crippen molar-refractivity contribution in [3.63, 3.8) is 0 Å². The molecule has 1 fully saturated rings. The zero-order chi connectivity index (χ0) is 55.9. The smallest absolute Gasteiger partial charge is 0.326 e. The largest absolute Gasteiger partial charge is 0.481 e. The number of aliphatic carboxylic acids is 2. The van der Waals surface area contributed by atoms with Crippen LogP contribution in [-0.2, 0) is 60.8 Å². The number of hydrogen-bond acceptors (Lipinski definition) is 13. The number of nitrogens with two attached hydrogens (primary N) is 1. The molecule has 1 aliphatic rings. The van der Waals surface area contributed by atoms with Gasteiger partial charge >= 0.3 is 11.9 Å². The summed E-state index contributed by atoms with van der Waals surface area (Å²) in [6.45, 7) is 8.63. The molecule has 1 saturated heterocycles. The average molecular weight is 1050 g/mol. The van der Waals surface area contributed by atoms with Gasteiger partial charge in [-0.2, -0.15) is 0 Å². The van der Waals surface area contributed by atoms with Gasteiger partial charge in [-0.25, -0.2) is 4.79 Å². The first-order valence-corrected chi connectivity index (χ1v) is 25.5. The lowest BCUT2D eigenvalue weighted by Crippen LogP contribution is -2.62. The Kier molecular flexibility index (Phi) is 25.8. The predicted molar refractivity (Wildman–Crippen MR) is 274 cm³/mol. The van der Waals surface area contributed by atoms with Crippen molar-refractivity contribution < 1.29 is 68.4 Å². The molecule has 3 rings (SSSR count). The van der Waals surface area contributed by atoms with Crippen molar-refractivity contribution in [3.05, 3.63) is 71.8 Å². The number of rotatable bonds is 31. The van der Waals surface area contributed by atoms with Gasteiger partial charge in [-0.3, -0.25) is 43.2 Å². The van der Waals surface area contributed by atoms with Gasteiger partial charge in [-0.1, -0.05) is 115 Å². The van der Waals surface area contributed by atoms with Crippen LogP contribution in [0, 0.1) is 17.8 Å². The van der Waals surface area contributed by atoms with Gasteiger partial charge in [0, 0.05) is 25.8 Å². The summed E-state index contributed by atoms with van der Waals surface area (Å²) in [6, 6.07) is 5.10. The van der Waals surface area contributed by atoms with E-state index in [1.165, 1.54) is 4.90 Å². The first-order chi connectivity index (χ1) is 35.5. The number of likely N-dealkylation sites (tertiary alicyclic amines) is 1. The van der Waals surface area contributed by atoms with Crippen molar-refractivity contribution in [1.29, 1.82) is 0 Å². The van der Waals surface area contributed by atoms with E-state index in [4.69, 9.17) is 10.8 Å². The highest BCUT2D eigenvalue weighted by molar-refractivity contribution is 5.98. The van der Waals surface area contributed by atoms with Crippen molar-refractivity contribution in [2.75, 3.05) is 19.8 Å². The Morgan fingerprint density at radius 3 is 1.48 bits per heavy atom. The van der Waals surface area contributed by atoms with Crippen LogP contribution in [0.3, 0.4) is 0 Å². The molecular formula is C52H77N9O14. The van der Waals surface area contributed by atoms with Crippen LogP contribution in [0.4, 0.5) is 0 Å². The number of hydrogen-bond donors (Lipinski definition) is 12. The van der Waals surface area contributed by atoms with Gasteiger partial charge in [0.25, 0.3) is 0 Å². The minimum atomic E-state index is -1.67. The zero-order valence-electron chi connectivity index (χ0n) is 43.6. The summed E-state index contributed by atoms with van der Waals surface area (Å²) in [4.78, 5) is 135. The molecule has 13 N–H and O–H groups in total. The Balaban J connectivity index is 1.85. The summed E-state index contributed by atoms with van der Waals surface area (Å²) < 4.78 is 0. The molecule has 0 unspecified atom stereocenters. The van der Waals surface area contributed by atoms with Gasteiger partial charge in [0.05, 0.1) is 19.3 Å². The third kappa shape index (κ3) is 19.7. The van der Waals surface area contributed by atoms with Crippen molar-refractivity contribution in [1.82, 2.24) is 42.1 Å². The minimum absolute atomic E-state index is 0.0352. The van der Waals surface area contributed by atoms with Crippen molar-refractivity contribution >= 4 is 59.2 Å². The second-order valence-corrected chi connectivity index (χ2v) is 19.5. The molecule has 2 aromatic rings. The Hall–Kier alpha value is -6.98. The molecule has 0 saturated carbocycles. The standard InChI is InChI=1S/C52H77N9O14/c1-7-30(5)42(59-45(67)35(25-32-16-11-9-12-17-32)54-44(66)34(53)21-22-41(64)65)49(71)57-38(27-62)46(68)55-36(26-33-18-13-10-14-19-33)51(73)61-23-15-20-40(61)48(70)60-43(31(6)8-2)50(72)58-39(28-63)47(69)56-37(52(74)75)24-29(3)4/h9-14,16-19,29-31,34-40,42-43,62-63H,7-8,15,20-28,53H2,1-6H3,(H,54,66)(H,55,68)(H,56,69)(H,57,71)(H,58,72)(H,59,67)(H,60,70)(H,64,65)(H,74,75)/t30-,31-,34-,35-,36-,37-,38-,39-,40-,42-,43-/m0/s1. The van der Waals surface area contributed by atoms with Crippen LogP contribution >= 0.6 is 0 Å². The maximum Gasteiger partial charge on any atom is 0.326 e. The summed E-state index contributed by atoms with van der Waals surface area (Å²) in [6.07, 6.45) is 0.600. The normalized spacial score (nSPS) is 17.3. The summed E-state index contributed by atoms with van der Waals surface area (Å²) in [7, 11) is 0. The van der Waals surface area contributed by atoms with Gasteiger partial charge in [-0.05, 0) is 54.6 Å². The molecule has 1 aliphatic heterocycles. The monoisotopic (exact) mass is 1050 g/mol. The summed E-state index contributed by atoms with van der Waals surface area (Å²) in [5.74, 6) is -10.3. The van der Waals surface area contributed by atoms with E-state index in [0.717, 1.165) is 0 Å². The number of carbonyl (C=O) groups is 10. The number of carboxylic acids is 2. The summed E-state index contributed by atoms with van der Waals surface area (Å²) in [5, 5.41) is 57.2. The van der Waals surface area contributed by atoms with Gasteiger partial charge in [0.15, 0.2) is 0 Å². The molecule has 75 heavy (non-hydrogen) atoms. The Morgan fingerprint density at radius 2 is 1.03 bits per heavy atom. The fraction of sp³-hybridized carbons (Fsp3) is 0.577. The lowest BCUT2D eigenvalue weighted by molar-refractivity contribution is -0.143. The quantitative estimate of drug-likeness (QED) is 0.0442. The van der Waals surface area contributed by atoms with Crippen LogP contribution in [0.15, 0.2) is 60.7 Å². The molecule has 0 aliphatic carbocycles.